The van der Waals surface area contributed by atoms with Crippen LogP contribution in [0.4, 0.5) is 4.39 Å². The van der Waals surface area contributed by atoms with Crippen molar-refractivity contribution in [1.82, 2.24) is 14.7 Å². The first kappa shape index (κ1) is 20.5. The number of esters is 1. The molecule has 0 atom stereocenters. The average molecular weight is 397 g/mol. The summed E-state index contributed by atoms with van der Waals surface area (Å²) < 4.78 is 25.9. The van der Waals surface area contributed by atoms with Crippen LogP contribution in [0.5, 0.6) is 5.75 Å². The third-order valence-corrected chi connectivity index (χ3v) is 4.64. The van der Waals surface area contributed by atoms with Gasteiger partial charge in [-0.1, -0.05) is 18.2 Å². The highest BCUT2D eigenvalue weighted by atomic mass is 19.1. The molecule has 0 N–H and O–H groups in total. The zero-order valence-electron chi connectivity index (χ0n) is 17.0. The standard InChI is InChI=1S/C22H24FN3O3/c1-15-7-5-6-8-19(15)26-13-17(12-25(2)14-21(27)29-4)22(24-26)16-9-10-20(28-3)18(23)11-16/h5-11,13H,12,14H2,1-4H3. The van der Waals surface area contributed by atoms with Crippen molar-refractivity contribution >= 4 is 5.97 Å². The van der Waals surface area contributed by atoms with Gasteiger partial charge in [0.15, 0.2) is 11.6 Å². The molecule has 1 heterocycles. The fraction of sp³-hybridized carbons (Fsp3) is 0.273. The van der Waals surface area contributed by atoms with Crippen molar-refractivity contribution < 1.29 is 18.7 Å². The normalized spacial score (nSPS) is 11.0. The van der Waals surface area contributed by atoms with Crippen molar-refractivity contribution in [2.24, 2.45) is 0 Å². The van der Waals surface area contributed by atoms with Gasteiger partial charge in [-0.05, 0) is 43.8 Å². The molecule has 6 nitrogen and oxygen atoms in total. The molecule has 0 fully saturated rings. The minimum atomic E-state index is -0.454. The molecule has 0 aliphatic rings. The summed E-state index contributed by atoms with van der Waals surface area (Å²) in [7, 11) is 4.61. The Morgan fingerprint density at radius 1 is 1.21 bits per heavy atom. The lowest BCUT2D eigenvalue weighted by atomic mass is 10.1. The van der Waals surface area contributed by atoms with Crippen LogP contribution in [0.15, 0.2) is 48.7 Å². The molecule has 0 saturated carbocycles. The van der Waals surface area contributed by atoms with Crippen LogP contribution in [-0.2, 0) is 16.1 Å². The molecule has 7 heteroatoms. The first-order valence-electron chi connectivity index (χ1n) is 9.16. The Hall–Kier alpha value is -3.19. The second kappa shape index (κ2) is 8.87. The van der Waals surface area contributed by atoms with E-state index in [0.717, 1.165) is 16.8 Å². The van der Waals surface area contributed by atoms with Crippen LogP contribution < -0.4 is 4.74 Å². The van der Waals surface area contributed by atoms with Crippen molar-refractivity contribution in [1.29, 1.82) is 0 Å². The minimum Gasteiger partial charge on any atom is -0.494 e. The summed E-state index contributed by atoms with van der Waals surface area (Å²) in [6.07, 6.45) is 1.91. The number of aryl methyl sites for hydroxylation is 1. The minimum absolute atomic E-state index is 0.141. The molecule has 3 rings (SSSR count). The second-order valence-electron chi connectivity index (χ2n) is 6.83. The first-order chi connectivity index (χ1) is 13.9. The number of methoxy groups -OCH3 is 2. The Bertz CT molecular complexity index is 1020. The SMILES string of the molecule is COC(=O)CN(C)Cc1cn(-c2ccccc2C)nc1-c1ccc(OC)c(F)c1. The smallest absolute Gasteiger partial charge is 0.319 e. The maximum absolute atomic E-state index is 14.3. The number of para-hydroxylation sites is 1. The summed E-state index contributed by atoms with van der Waals surface area (Å²) in [5.41, 5.74) is 4.15. The largest absolute Gasteiger partial charge is 0.494 e. The molecule has 0 bridgehead atoms. The molecule has 152 valence electrons. The summed E-state index contributed by atoms with van der Waals surface area (Å²) in [6, 6.07) is 12.7. The predicted octanol–water partition coefficient (Wildman–Crippen LogP) is 3.60. The van der Waals surface area contributed by atoms with Gasteiger partial charge in [-0.15, -0.1) is 0 Å². The maximum Gasteiger partial charge on any atom is 0.319 e. The van der Waals surface area contributed by atoms with Crippen molar-refractivity contribution in [2.45, 2.75) is 13.5 Å². The van der Waals surface area contributed by atoms with Crippen LogP contribution in [-0.4, -0.2) is 48.5 Å². The van der Waals surface area contributed by atoms with E-state index in [9.17, 15) is 9.18 Å². The lowest BCUT2D eigenvalue weighted by Gasteiger charge is -2.15. The highest BCUT2D eigenvalue weighted by molar-refractivity contribution is 5.71. The number of aromatic nitrogens is 2. The molecule has 0 saturated heterocycles. The van der Waals surface area contributed by atoms with Crippen LogP contribution in [0.1, 0.15) is 11.1 Å². The average Bonchev–Trinajstić information content (AvgIpc) is 3.11. The van der Waals surface area contributed by atoms with E-state index >= 15 is 0 Å². The Morgan fingerprint density at radius 2 is 1.97 bits per heavy atom. The topological polar surface area (TPSA) is 56.6 Å². The number of rotatable bonds is 7. The van der Waals surface area contributed by atoms with E-state index in [1.807, 2.05) is 49.3 Å². The molecule has 0 aliphatic heterocycles. The Balaban J connectivity index is 2.04. The van der Waals surface area contributed by atoms with Crippen molar-refractivity contribution in [3.8, 4) is 22.7 Å². The number of carbonyl (C=O) groups excluding carboxylic acids is 1. The third-order valence-electron chi connectivity index (χ3n) is 4.64. The molecule has 0 aliphatic carbocycles. The van der Waals surface area contributed by atoms with E-state index in [0.29, 0.717) is 17.8 Å². The monoisotopic (exact) mass is 397 g/mol. The van der Waals surface area contributed by atoms with Crippen LogP contribution >= 0.6 is 0 Å². The second-order valence-corrected chi connectivity index (χ2v) is 6.83. The van der Waals surface area contributed by atoms with Gasteiger partial charge >= 0.3 is 5.97 Å². The molecule has 3 aromatic rings. The summed E-state index contributed by atoms with van der Waals surface area (Å²) in [4.78, 5) is 13.4. The van der Waals surface area contributed by atoms with Crippen molar-refractivity contribution in [3.63, 3.8) is 0 Å². The van der Waals surface area contributed by atoms with E-state index in [1.54, 1.807) is 16.8 Å². The number of halogens is 1. The van der Waals surface area contributed by atoms with E-state index < -0.39 is 5.82 Å². The number of benzene rings is 2. The number of carbonyl (C=O) groups is 1. The zero-order valence-corrected chi connectivity index (χ0v) is 17.0. The summed E-state index contributed by atoms with van der Waals surface area (Å²) in [5, 5.41) is 4.73. The molecule has 0 unspecified atom stereocenters. The van der Waals surface area contributed by atoms with Crippen molar-refractivity contribution in [2.75, 3.05) is 27.8 Å². The van der Waals surface area contributed by atoms with Gasteiger partial charge in [-0.3, -0.25) is 9.69 Å². The molecule has 0 radical (unpaired) electrons. The van der Waals surface area contributed by atoms with Gasteiger partial charge in [0.1, 0.15) is 0 Å². The lowest BCUT2D eigenvalue weighted by Crippen LogP contribution is -2.26. The van der Waals surface area contributed by atoms with Gasteiger partial charge in [-0.2, -0.15) is 5.10 Å². The van der Waals surface area contributed by atoms with Gasteiger partial charge in [0.25, 0.3) is 0 Å². The number of ether oxygens (including phenoxy) is 2. The number of hydrogen-bond donors (Lipinski definition) is 0. The van der Waals surface area contributed by atoms with E-state index in [2.05, 4.69) is 0 Å². The zero-order chi connectivity index (χ0) is 21.0. The van der Waals surface area contributed by atoms with Gasteiger partial charge < -0.3 is 9.47 Å². The predicted molar refractivity (Wildman–Crippen MR) is 109 cm³/mol. The van der Waals surface area contributed by atoms with Crippen LogP contribution in [0.2, 0.25) is 0 Å². The summed E-state index contributed by atoms with van der Waals surface area (Å²) >= 11 is 0. The van der Waals surface area contributed by atoms with Gasteiger partial charge in [-0.25, -0.2) is 9.07 Å². The quantitative estimate of drug-likeness (QED) is 0.570. The lowest BCUT2D eigenvalue weighted by molar-refractivity contribution is -0.141. The van der Waals surface area contributed by atoms with E-state index in [4.69, 9.17) is 14.6 Å². The number of likely N-dealkylation sites (N-methyl/N-ethyl adjacent to an activating group) is 1. The molecule has 29 heavy (non-hydrogen) atoms. The highest BCUT2D eigenvalue weighted by Crippen LogP contribution is 2.29. The maximum atomic E-state index is 14.3. The number of nitrogens with zero attached hydrogens (tertiary/aromatic N) is 3. The fourth-order valence-electron chi connectivity index (χ4n) is 3.16. The first-order valence-corrected chi connectivity index (χ1v) is 9.16. The molecule has 0 amide bonds. The fourth-order valence-corrected chi connectivity index (χ4v) is 3.16. The summed E-state index contributed by atoms with van der Waals surface area (Å²) in [5.74, 6) is -0.600. The molecule has 1 aromatic heterocycles. The molecule has 0 spiro atoms. The van der Waals surface area contributed by atoms with Crippen LogP contribution in [0, 0.1) is 12.7 Å². The Labute approximate surface area is 169 Å². The molecular formula is C22H24FN3O3. The molecular weight excluding hydrogens is 373 g/mol. The Morgan fingerprint density at radius 3 is 2.62 bits per heavy atom. The van der Waals surface area contributed by atoms with Crippen molar-refractivity contribution in [3.05, 3.63) is 65.6 Å². The Kier molecular flexibility index (Phi) is 6.29. The molecule has 2 aromatic carbocycles. The van der Waals surface area contributed by atoms with Crippen LogP contribution in [0.25, 0.3) is 16.9 Å². The summed E-state index contributed by atoms with van der Waals surface area (Å²) in [6.45, 7) is 2.60. The highest BCUT2D eigenvalue weighted by Gasteiger charge is 2.17. The van der Waals surface area contributed by atoms with E-state index in [1.165, 1.54) is 20.3 Å². The number of hydrogen-bond acceptors (Lipinski definition) is 5. The van der Waals surface area contributed by atoms with Gasteiger partial charge in [0.05, 0.1) is 32.1 Å². The third kappa shape index (κ3) is 4.63. The van der Waals surface area contributed by atoms with Gasteiger partial charge in [0.2, 0.25) is 0 Å². The van der Waals surface area contributed by atoms with E-state index in [-0.39, 0.29) is 18.3 Å². The van der Waals surface area contributed by atoms with Gasteiger partial charge in [0, 0.05) is 23.9 Å². The van der Waals surface area contributed by atoms with Crippen LogP contribution in [0.3, 0.4) is 0 Å².